The Morgan fingerprint density at radius 1 is 1.12 bits per heavy atom. The number of hydrogen-bond acceptors (Lipinski definition) is 3. The van der Waals surface area contributed by atoms with Gasteiger partial charge in [-0.1, -0.05) is 41.4 Å². The van der Waals surface area contributed by atoms with E-state index >= 15 is 0 Å². The molecule has 6 heteroatoms. The predicted octanol–water partition coefficient (Wildman–Crippen LogP) is 4.85. The maximum Gasteiger partial charge on any atom is 0.215 e. The zero-order chi connectivity index (χ0) is 17.4. The summed E-state index contributed by atoms with van der Waals surface area (Å²) in [6.45, 7) is 1.47. The maximum absolute atomic E-state index is 7.57. The molecule has 0 spiro atoms. The molecule has 0 atom stereocenters. The number of aromatic nitrogens is 1. The Hall–Kier alpha value is -1.85. The van der Waals surface area contributed by atoms with E-state index in [0.29, 0.717) is 29.8 Å². The number of ether oxygens (including phenoxy) is 2. The molecule has 0 aliphatic carbocycles. The first-order chi connectivity index (χ1) is 12.1. The van der Waals surface area contributed by atoms with Gasteiger partial charge in [-0.25, -0.2) is 0 Å². The number of benzene rings is 2. The maximum atomic E-state index is 7.57. The molecule has 1 aliphatic rings. The van der Waals surface area contributed by atoms with Gasteiger partial charge >= 0.3 is 0 Å². The number of nitrogens with one attached hydrogen (secondary N) is 1. The fourth-order valence-corrected chi connectivity index (χ4v) is 3.87. The molecule has 1 N–H and O–H groups in total. The van der Waals surface area contributed by atoms with Crippen molar-refractivity contribution >= 4 is 40.3 Å². The Bertz CT molecular complexity index is 946. The Morgan fingerprint density at radius 3 is 2.64 bits per heavy atom. The van der Waals surface area contributed by atoms with Crippen molar-refractivity contribution in [3.8, 4) is 0 Å². The van der Waals surface area contributed by atoms with Crippen molar-refractivity contribution in [3.63, 3.8) is 0 Å². The van der Waals surface area contributed by atoms with E-state index in [1.54, 1.807) is 12.1 Å². The SMILES string of the molecule is N=Cc1cccc2c1ccn2CC1(c2ccc(Cl)cc2Cl)OCCO1. The Balaban J connectivity index is 1.80. The zero-order valence-electron chi connectivity index (χ0n) is 13.3. The van der Waals surface area contributed by atoms with Crippen LogP contribution in [0.25, 0.3) is 10.9 Å². The summed E-state index contributed by atoms with van der Waals surface area (Å²) in [6, 6.07) is 13.2. The first-order valence-corrected chi connectivity index (χ1v) is 8.70. The molecule has 4 rings (SSSR count). The minimum atomic E-state index is -0.950. The summed E-state index contributed by atoms with van der Waals surface area (Å²) in [5, 5.41) is 9.68. The topological polar surface area (TPSA) is 47.2 Å². The molecule has 1 fully saturated rings. The molecule has 1 saturated heterocycles. The molecule has 128 valence electrons. The first kappa shape index (κ1) is 16.6. The van der Waals surface area contributed by atoms with Crippen molar-refractivity contribution in [1.29, 1.82) is 5.41 Å². The number of halogens is 2. The summed E-state index contributed by atoms with van der Waals surface area (Å²) in [5.41, 5.74) is 2.66. The minimum absolute atomic E-state index is 0.458. The largest absolute Gasteiger partial charge is 0.342 e. The second kappa shape index (κ2) is 6.46. The zero-order valence-corrected chi connectivity index (χ0v) is 14.8. The third kappa shape index (κ3) is 2.85. The van der Waals surface area contributed by atoms with Crippen LogP contribution in [0, 0.1) is 5.41 Å². The summed E-state index contributed by atoms with van der Waals surface area (Å²) in [5.74, 6) is -0.950. The molecule has 0 unspecified atom stereocenters. The highest BCUT2D eigenvalue weighted by Crippen LogP contribution is 2.39. The summed E-state index contributed by atoms with van der Waals surface area (Å²) in [6.07, 6.45) is 3.34. The van der Waals surface area contributed by atoms with Gasteiger partial charge in [0.05, 0.1) is 24.8 Å². The van der Waals surface area contributed by atoms with Gasteiger partial charge in [0.25, 0.3) is 0 Å². The lowest BCUT2D eigenvalue weighted by Crippen LogP contribution is -2.33. The molecule has 2 heterocycles. The van der Waals surface area contributed by atoms with Crippen molar-refractivity contribution in [2.24, 2.45) is 0 Å². The molecule has 1 aromatic heterocycles. The van der Waals surface area contributed by atoms with Crippen molar-refractivity contribution in [2.45, 2.75) is 12.3 Å². The van der Waals surface area contributed by atoms with E-state index in [2.05, 4.69) is 4.57 Å². The first-order valence-electron chi connectivity index (χ1n) is 7.95. The smallest absolute Gasteiger partial charge is 0.215 e. The van der Waals surface area contributed by atoms with E-state index in [-0.39, 0.29) is 0 Å². The van der Waals surface area contributed by atoms with E-state index < -0.39 is 5.79 Å². The summed E-state index contributed by atoms with van der Waals surface area (Å²) < 4.78 is 14.1. The highest BCUT2D eigenvalue weighted by molar-refractivity contribution is 6.35. The fourth-order valence-electron chi connectivity index (χ4n) is 3.32. The quantitative estimate of drug-likeness (QED) is 0.663. The third-order valence-corrected chi connectivity index (χ3v) is 5.02. The van der Waals surface area contributed by atoms with Crippen LogP contribution >= 0.6 is 23.2 Å². The molecule has 1 aliphatic heterocycles. The van der Waals surface area contributed by atoms with Crippen LogP contribution in [0.3, 0.4) is 0 Å². The summed E-state index contributed by atoms with van der Waals surface area (Å²) in [7, 11) is 0. The lowest BCUT2D eigenvalue weighted by Gasteiger charge is -2.29. The van der Waals surface area contributed by atoms with Gasteiger partial charge in [0.15, 0.2) is 0 Å². The molecular weight excluding hydrogens is 359 g/mol. The van der Waals surface area contributed by atoms with Crippen molar-refractivity contribution in [2.75, 3.05) is 13.2 Å². The summed E-state index contributed by atoms with van der Waals surface area (Å²) in [4.78, 5) is 0. The highest BCUT2D eigenvalue weighted by Gasteiger charge is 2.41. The standard InChI is InChI=1S/C19H16Cl2N2O2/c20-14-4-5-16(17(21)10-14)19(24-8-9-25-19)12-23-7-6-15-13(11-22)2-1-3-18(15)23/h1-7,10-11,22H,8-9,12H2. The van der Waals surface area contributed by atoms with Crippen LogP contribution in [-0.4, -0.2) is 24.0 Å². The average molecular weight is 375 g/mol. The van der Waals surface area contributed by atoms with E-state index in [9.17, 15) is 0 Å². The van der Waals surface area contributed by atoms with Gasteiger partial charge in [-0.2, -0.15) is 0 Å². The number of hydrogen-bond donors (Lipinski definition) is 1. The van der Waals surface area contributed by atoms with Crippen LogP contribution in [0.1, 0.15) is 11.1 Å². The second-order valence-electron chi connectivity index (χ2n) is 5.94. The third-order valence-electron chi connectivity index (χ3n) is 4.48. The average Bonchev–Trinajstić information content (AvgIpc) is 3.23. The molecule has 4 nitrogen and oxygen atoms in total. The number of fused-ring (bicyclic) bond motifs is 1. The van der Waals surface area contributed by atoms with E-state index in [1.165, 1.54) is 6.21 Å². The van der Waals surface area contributed by atoms with Gasteiger partial charge in [0, 0.05) is 39.5 Å². The molecule has 2 aromatic carbocycles. The normalized spacial score (nSPS) is 16.4. The van der Waals surface area contributed by atoms with E-state index in [1.807, 2.05) is 36.5 Å². The Morgan fingerprint density at radius 2 is 1.92 bits per heavy atom. The van der Waals surface area contributed by atoms with Crippen LogP contribution in [0.4, 0.5) is 0 Å². The fraction of sp³-hybridized carbons (Fsp3) is 0.211. The molecule has 25 heavy (non-hydrogen) atoms. The van der Waals surface area contributed by atoms with Gasteiger partial charge in [0.1, 0.15) is 0 Å². The van der Waals surface area contributed by atoms with Crippen molar-refractivity contribution < 1.29 is 9.47 Å². The molecular formula is C19H16Cl2N2O2. The number of nitrogens with zero attached hydrogens (tertiary/aromatic N) is 1. The van der Waals surface area contributed by atoms with E-state index in [4.69, 9.17) is 38.1 Å². The van der Waals surface area contributed by atoms with Crippen LogP contribution in [0.5, 0.6) is 0 Å². The molecule has 3 aromatic rings. The van der Waals surface area contributed by atoms with Gasteiger partial charge in [-0.15, -0.1) is 0 Å². The monoisotopic (exact) mass is 374 g/mol. The molecule has 0 amide bonds. The minimum Gasteiger partial charge on any atom is -0.342 e. The summed E-state index contributed by atoms with van der Waals surface area (Å²) >= 11 is 12.5. The lowest BCUT2D eigenvalue weighted by molar-refractivity contribution is -0.175. The van der Waals surface area contributed by atoms with Crippen LogP contribution in [-0.2, 0) is 21.8 Å². The number of rotatable bonds is 4. The van der Waals surface area contributed by atoms with Gasteiger partial charge in [-0.3, -0.25) is 0 Å². The van der Waals surface area contributed by atoms with Crippen LogP contribution < -0.4 is 0 Å². The molecule has 0 saturated carbocycles. The van der Waals surface area contributed by atoms with Crippen LogP contribution in [0.2, 0.25) is 10.0 Å². The van der Waals surface area contributed by atoms with Crippen molar-refractivity contribution in [3.05, 3.63) is 69.8 Å². The van der Waals surface area contributed by atoms with Gasteiger partial charge < -0.3 is 19.5 Å². The lowest BCUT2D eigenvalue weighted by atomic mass is 10.1. The Labute approximate surface area is 155 Å². The predicted molar refractivity (Wildman–Crippen MR) is 99.9 cm³/mol. The molecule has 0 radical (unpaired) electrons. The highest BCUT2D eigenvalue weighted by atomic mass is 35.5. The van der Waals surface area contributed by atoms with E-state index in [0.717, 1.165) is 22.0 Å². The second-order valence-corrected chi connectivity index (χ2v) is 6.79. The van der Waals surface area contributed by atoms with Gasteiger partial charge in [-0.05, 0) is 24.3 Å². The van der Waals surface area contributed by atoms with Crippen molar-refractivity contribution in [1.82, 2.24) is 4.57 Å². The Kier molecular flexibility index (Phi) is 4.29. The van der Waals surface area contributed by atoms with Gasteiger partial charge in [0.2, 0.25) is 5.79 Å². The van der Waals surface area contributed by atoms with Crippen LogP contribution in [0.15, 0.2) is 48.7 Å². The molecule has 0 bridgehead atoms.